The summed E-state index contributed by atoms with van der Waals surface area (Å²) in [6, 6.07) is 20.8. The number of aryl methyl sites for hydroxylation is 1. The van der Waals surface area contributed by atoms with E-state index in [4.69, 9.17) is 24.7 Å². The Morgan fingerprint density at radius 2 is 1.14 bits per heavy atom. The van der Waals surface area contributed by atoms with Gasteiger partial charge in [-0.25, -0.2) is 0 Å². The van der Waals surface area contributed by atoms with Gasteiger partial charge in [0.15, 0.2) is 11.6 Å². The molecule has 0 unspecified atom stereocenters. The van der Waals surface area contributed by atoms with Crippen molar-refractivity contribution < 1.29 is 23.7 Å². The second-order valence-electron chi connectivity index (χ2n) is 10.4. The van der Waals surface area contributed by atoms with Gasteiger partial charge in [-0.05, 0) is 42.7 Å². The van der Waals surface area contributed by atoms with Gasteiger partial charge in [0.2, 0.25) is 0 Å². The van der Waals surface area contributed by atoms with E-state index < -0.39 is 0 Å². The van der Waals surface area contributed by atoms with Crippen LogP contribution in [-0.2, 0) is 36.7 Å². The van der Waals surface area contributed by atoms with Crippen molar-refractivity contribution in [1.82, 2.24) is 0 Å². The van der Waals surface area contributed by atoms with Gasteiger partial charge in [-0.1, -0.05) is 60.7 Å². The van der Waals surface area contributed by atoms with Gasteiger partial charge in [0.1, 0.15) is 5.78 Å². The van der Waals surface area contributed by atoms with Gasteiger partial charge >= 0.3 is 0 Å². The van der Waals surface area contributed by atoms with Crippen molar-refractivity contribution in [3.8, 4) is 0 Å². The highest BCUT2D eigenvalue weighted by Crippen LogP contribution is 2.39. The minimum absolute atomic E-state index is 0.191. The van der Waals surface area contributed by atoms with E-state index in [2.05, 4.69) is 30.3 Å². The molecule has 2 aromatic carbocycles. The average molecular weight is 510 g/mol. The molecule has 0 bridgehead atoms. The second kappa shape index (κ2) is 14.2. The first-order valence-corrected chi connectivity index (χ1v) is 14.0. The van der Waals surface area contributed by atoms with E-state index in [0.717, 1.165) is 44.8 Å². The van der Waals surface area contributed by atoms with Crippen LogP contribution in [0.25, 0.3) is 0 Å². The Morgan fingerprint density at radius 1 is 0.676 bits per heavy atom. The third-order valence-electron chi connectivity index (χ3n) is 7.83. The fraction of sp³-hybridized carbons (Fsp3) is 0.581. The summed E-state index contributed by atoms with van der Waals surface area (Å²) in [5, 5.41) is 0. The molecule has 6 heteroatoms. The first-order valence-electron chi connectivity index (χ1n) is 14.0. The van der Waals surface area contributed by atoms with E-state index in [0.29, 0.717) is 38.4 Å². The number of hydrogen-bond donors (Lipinski definition) is 1. The monoisotopic (exact) mass is 509 g/mol. The predicted octanol–water partition coefficient (Wildman–Crippen LogP) is 5.57. The van der Waals surface area contributed by atoms with Crippen LogP contribution < -0.4 is 5.73 Å². The molecular weight excluding hydrogens is 466 g/mol. The minimum atomic E-state index is -0.367. The largest absolute Gasteiger partial charge is 0.348 e. The Labute approximate surface area is 221 Å². The van der Waals surface area contributed by atoms with E-state index >= 15 is 0 Å². The number of hydrogen-bond acceptors (Lipinski definition) is 6. The molecule has 0 radical (unpaired) electrons. The zero-order valence-corrected chi connectivity index (χ0v) is 22.1. The van der Waals surface area contributed by atoms with Crippen LogP contribution in [0.1, 0.15) is 68.9 Å². The number of ether oxygens (including phenoxy) is 4. The average Bonchev–Trinajstić information content (AvgIpc) is 3.62. The molecule has 4 aliphatic rings. The van der Waals surface area contributed by atoms with Crippen molar-refractivity contribution in [2.75, 3.05) is 26.4 Å². The third-order valence-corrected chi connectivity index (χ3v) is 7.83. The molecule has 2 heterocycles. The van der Waals surface area contributed by atoms with E-state index in [-0.39, 0.29) is 11.6 Å². The Kier molecular flexibility index (Phi) is 10.7. The number of Topliss-reactive ketones (excluding diaryl/α,β-unsaturated/α-hetero) is 1. The van der Waals surface area contributed by atoms with E-state index in [1.54, 1.807) is 0 Å². The zero-order chi connectivity index (χ0) is 25.8. The van der Waals surface area contributed by atoms with E-state index in [9.17, 15) is 4.79 Å². The maximum absolute atomic E-state index is 10.9. The molecule has 2 aliphatic heterocycles. The van der Waals surface area contributed by atoms with Crippen molar-refractivity contribution in [3.05, 3.63) is 71.8 Å². The summed E-state index contributed by atoms with van der Waals surface area (Å²) in [5.41, 5.74) is 8.00. The standard InChI is InChI=1S/C16H22O2.C8H12O3.C7H9N/c1-2-4-14(5-3-1)6-7-15-8-10-16(11-9-15)17-12-13-18-16;9-7-1-3-8(4-2-7)10-5-6-11-8;8-6-7-4-2-1-3-5-7/h1-5,15H,6-13H2;1-6H2;1-5H,6,8H2. The van der Waals surface area contributed by atoms with Crippen LogP contribution in [0.2, 0.25) is 0 Å². The highest BCUT2D eigenvalue weighted by molar-refractivity contribution is 5.79. The fourth-order valence-corrected chi connectivity index (χ4v) is 5.52. The van der Waals surface area contributed by atoms with Crippen LogP contribution >= 0.6 is 0 Å². The van der Waals surface area contributed by atoms with E-state index in [1.807, 2.05) is 30.3 Å². The summed E-state index contributed by atoms with van der Waals surface area (Å²) >= 11 is 0. The molecule has 6 rings (SSSR count). The van der Waals surface area contributed by atoms with Crippen LogP contribution in [0.3, 0.4) is 0 Å². The molecule has 2 saturated heterocycles. The van der Waals surface area contributed by atoms with Crippen LogP contribution in [0.4, 0.5) is 0 Å². The van der Waals surface area contributed by atoms with Crippen LogP contribution in [0.15, 0.2) is 60.7 Å². The van der Waals surface area contributed by atoms with Crippen molar-refractivity contribution in [3.63, 3.8) is 0 Å². The molecule has 6 nitrogen and oxygen atoms in total. The van der Waals surface area contributed by atoms with Crippen LogP contribution in [-0.4, -0.2) is 43.8 Å². The Hall–Kier alpha value is -2.09. The van der Waals surface area contributed by atoms with Gasteiger partial charge in [-0.15, -0.1) is 0 Å². The number of rotatable bonds is 4. The molecular formula is C31H43NO5. The summed E-state index contributed by atoms with van der Waals surface area (Å²) in [7, 11) is 0. The lowest BCUT2D eigenvalue weighted by Gasteiger charge is -2.35. The summed E-state index contributed by atoms with van der Waals surface area (Å²) in [6.45, 7) is 3.59. The highest BCUT2D eigenvalue weighted by Gasteiger charge is 2.40. The SMILES string of the molecule is NCc1ccccc1.O=C1CCC2(CC1)OCCO2.c1ccc(CCC2CCC3(CC2)OCCO3)cc1. The van der Waals surface area contributed by atoms with Gasteiger partial charge in [0, 0.05) is 45.1 Å². The van der Waals surface area contributed by atoms with Gasteiger partial charge in [0.25, 0.3) is 0 Å². The van der Waals surface area contributed by atoms with Crippen LogP contribution in [0.5, 0.6) is 0 Å². The van der Waals surface area contributed by atoms with Crippen molar-refractivity contribution in [2.24, 2.45) is 11.7 Å². The van der Waals surface area contributed by atoms with E-state index in [1.165, 1.54) is 36.8 Å². The minimum Gasteiger partial charge on any atom is -0.348 e. The lowest BCUT2D eigenvalue weighted by molar-refractivity contribution is -0.182. The smallest absolute Gasteiger partial charge is 0.169 e. The van der Waals surface area contributed by atoms with Gasteiger partial charge in [-0.2, -0.15) is 0 Å². The van der Waals surface area contributed by atoms with Crippen molar-refractivity contribution in [2.45, 2.75) is 82.3 Å². The molecule has 37 heavy (non-hydrogen) atoms. The molecule has 2 aliphatic carbocycles. The summed E-state index contributed by atoms with van der Waals surface area (Å²) in [5.74, 6) is 0.635. The molecule has 202 valence electrons. The normalized spacial score (nSPS) is 22.2. The van der Waals surface area contributed by atoms with Gasteiger partial charge in [0.05, 0.1) is 26.4 Å². The highest BCUT2D eigenvalue weighted by atomic mass is 16.7. The molecule has 2 spiro atoms. The maximum Gasteiger partial charge on any atom is 0.169 e. The quantitative estimate of drug-likeness (QED) is 0.580. The summed E-state index contributed by atoms with van der Waals surface area (Å²) in [6.07, 6.45) is 9.97. The topological polar surface area (TPSA) is 80.0 Å². The summed E-state index contributed by atoms with van der Waals surface area (Å²) in [4.78, 5) is 10.9. The lowest BCUT2D eigenvalue weighted by atomic mass is 9.82. The summed E-state index contributed by atoms with van der Waals surface area (Å²) < 4.78 is 22.5. The molecule has 2 N–H and O–H groups in total. The number of ketones is 1. The number of nitrogens with two attached hydrogens (primary N) is 1. The maximum atomic E-state index is 10.9. The van der Waals surface area contributed by atoms with Crippen LogP contribution in [0, 0.1) is 5.92 Å². The zero-order valence-electron chi connectivity index (χ0n) is 22.1. The first-order chi connectivity index (χ1) is 18.1. The molecule has 0 aromatic heterocycles. The fourth-order valence-electron chi connectivity index (χ4n) is 5.52. The van der Waals surface area contributed by atoms with Crippen molar-refractivity contribution >= 4 is 5.78 Å². The molecule has 4 fully saturated rings. The Balaban J connectivity index is 0.000000143. The lowest BCUT2D eigenvalue weighted by Crippen LogP contribution is -2.35. The van der Waals surface area contributed by atoms with Gasteiger partial charge in [-0.3, -0.25) is 4.79 Å². The Bertz CT molecular complexity index is 901. The van der Waals surface area contributed by atoms with Crippen molar-refractivity contribution in [1.29, 1.82) is 0 Å². The molecule has 0 amide bonds. The molecule has 2 aromatic rings. The third kappa shape index (κ3) is 8.72. The Morgan fingerprint density at radius 3 is 1.59 bits per heavy atom. The molecule has 0 atom stereocenters. The molecule has 2 saturated carbocycles. The first kappa shape index (κ1) is 27.9. The van der Waals surface area contributed by atoms with Gasteiger partial charge < -0.3 is 24.7 Å². The number of carbonyl (C=O) groups is 1. The second-order valence-corrected chi connectivity index (χ2v) is 10.4. The predicted molar refractivity (Wildman–Crippen MR) is 144 cm³/mol. The number of carbonyl (C=O) groups excluding carboxylic acids is 1. The number of benzene rings is 2.